The third-order valence-electron chi connectivity index (χ3n) is 3.59. The van der Waals surface area contributed by atoms with Crippen LogP contribution in [0.5, 0.6) is 0 Å². The van der Waals surface area contributed by atoms with E-state index in [9.17, 15) is 19.7 Å². The van der Waals surface area contributed by atoms with Crippen LogP contribution in [0.1, 0.15) is 46.0 Å². The molecule has 0 bridgehead atoms. The molecule has 1 fully saturated rings. The van der Waals surface area contributed by atoms with Gasteiger partial charge < -0.3 is 16.0 Å². The standard InChI is InChI=1S/C15H27N6O4/c1-10(2)7-9-17-14(23)12(19-13(22)11-5-6-11)4-3-8-18-15(16)20-21(24)25/h9-12H,3-8H2,1-2H3,(H,17,23)(H,19,22)(H3,16,18,20)/t12-/m0/s1. The molecule has 2 amide bonds. The van der Waals surface area contributed by atoms with Crippen LogP contribution in [0.25, 0.3) is 0 Å². The Labute approximate surface area is 147 Å². The van der Waals surface area contributed by atoms with Crippen LogP contribution >= 0.6 is 0 Å². The molecular weight excluding hydrogens is 328 g/mol. The molecule has 5 N–H and O–H groups in total. The van der Waals surface area contributed by atoms with E-state index in [0.29, 0.717) is 18.8 Å². The second kappa shape index (κ2) is 10.5. The summed E-state index contributed by atoms with van der Waals surface area (Å²) in [5, 5.41) is 24.6. The molecule has 0 spiro atoms. The number of carbonyl (C=O) groups is 2. The van der Waals surface area contributed by atoms with Gasteiger partial charge >= 0.3 is 0 Å². The van der Waals surface area contributed by atoms with Crippen molar-refractivity contribution in [1.29, 1.82) is 5.41 Å². The number of nitrogens with zero attached hydrogens (tertiary/aromatic N) is 1. The second-order valence-electron chi connectivity index (χ2n) is 6.49. The van der Waals surface area contributed by atoms with Crippen molar-refractivity contribution in [2.75, 3.05) is 6.54 Å². The van der Waals surface area contributed by atoms with E-state index in [2.05, 4.69) is 16.0 Å². The molecule has 0 saturated heterocycles. The smallest absolute Gasteiger partial charge is 0.251 e. The van der Waals surface area contributed by atoms with Crippen LogP contribution in [0.2, 0.25) is 0 Å². The van der Waals surface area contributed by atoms with Crippen LogP contribution < -0.4 is 21.4 Å². The maximum absolute atomic E-state index is 12.3. The Morgan fingerprint density at radius 2 is 2.04 bits per heavy atom. The van der Waals surface area contributed by atoms with Gasteiger partial charge in [0.15, 0.2) is 5.03 Å². The summed E-state index contributed by atoms with van der Waals surface area (Å²) in [6.07, 6.45) is 3.28. The van der Waals surface area contributed by atoms with Gasteiger partial charge in [0, 0.05) is 19.0 Å². The molecule has 1 radical (unpaired) electrons. The summed E-state index contributed by atoms with van der Waals surface area (Å²) in [5.74, 6) is -0.374. The molecule has 0 aliphatic heterocycles. The van der Waals surface area contributed by atoms with Gasteiger partial charge in [-0.15, -0.1) is 0 Å². The molecule has 1 saturated carbocycles. The predicted molar refractivity (Wildman–Crippen MR) is 91.6 cm³/mol. The fraction of sp³-hybridized carbons (Fsp3) is 0.733. The predicted octanol–water partition coefficient (Wildman–Crippen LogP) is 0.291. The van der Waals surface area contributed by atoms with E-state index < -0.39 is 17.0 Å². The molecule has 1 rings (SSSR count). The van der Waals surface area contributed by atoms with Crippen molar-refractivity contribution in [1.82, 2.24) is 21.4 Å². The first-order valence-electron chi connectivity index (χ1n) is 8.45. The van der Waals surface area contributed by atoms with Crippen LogP contribution in [0.15, 0.2) is 0 Å². The Morgan fingerprint density at radius 3 is 2.60 bits per heavy atom. The maximum atomic E-state index is 12.3. The van der Waals surface area contributed by atoms with E-state index in [1.165, 1.54) is 0 Å². The van der Waals surface area contributed by atoms with E-state index in [0.717, 1.165) is 19.3 Å². The summed E-state index contributed by atoms with van der Waals surface area (Å²) in [7, 11) is 0. The summed E-state index contributed by atoms with van der Waals surface area (Å²) >= 11 is 0. The number of hydrazine groups is 1. The monoisotopic (exact) mass is 355 g/mol. The zero-order chi connectivity index (χ0) is 18.8. The highest BCUT2D eigenvalue weighted by Gasteiger charge is 2.32. The van der Waals surface area contributed by atoms with Gasteiger partial charge in [-0.05, 0) is 38.0 Å². The zero-order valence-corrected chi connectivity index (χ0v) is 14.6. The quantitative estimate of drug-likeness (QED) is 0.118. The normalized spacial score (nSPS) is 14.5. The average molecular weight is 355 g/mol. The molecule has 25 heavy (non-hydrogen) atoms. The fourth-order valence-electron chi connectivity index (χ4n) is 2.05. The number of rotatable bonds is 11. The first-order chi connectivity index (χ1) is 11.8. The Hall–Kier alpha value is -2.39. The number of amides is 2. The number of nitro groups is 1. The molecule has 0 aromatic carbocycles. The molecule has 0 aromatic heterocycles. The first kappa shape index (κ1) is 20.7. The van der Waals surface area contributed by atoms with Crippen LogP contribution in [0, 0.1) is 33.9 Å². The minimum Gasteiger partial charge on any atom is -0.352 e. The van der Waals surface area contributed by atoms with Crippen LogP contribution in [-0.4, -0.2) is 35.4 Å². The second-order valence-corrected chi connectivity index (χ2v) is 6.49. The molecule has 0 heterocycles. The summed E-state index contributed by atoms with van der Waals surface area (Å²) in [6, 6.07) is -0.657. The van der Waals surface area contributed by atoms with Gasteiger partial charge in [-0.1, -0.05) is 19.3 Å². The van der Waals surface area contributed by atoms with Crippen molar-refractivity contribution < 1.29 is 14.6 Å². The third-order valence-corrected chi connectivity index (χ3v) is 3.59. The van der Waals surface area contributed by atoms with Crippen LogP contribution in [0.4, 0.5) is 0 Å². The SMILES string of the molecule is CC(C)C[CH]NC(=O)[C@H](CCCNC(=N)N[N+](=O)[O-])NC(=O)C1CC1. The van der Waals surface area contributed by atoms with E-state index >= 15 is 0 Å². The summed E-state index contributed by atoms with van der Waals surface area (Å²) < 4.78 is 0. The summed E-state index contributed by atoms with van der Waals surface area (Å²) in [4.78, 5) is 34.4. The molecule has 0 unspecified atom stereocenters. The lowest BCUT2D eigenvalue weighted by molar-refractivity contribution is -0.525. The van der Waals surface area contributed by atoms with E-state index in [-0.39, 0.29) is 24.3 Å². The van der Waals surface area contributed by atoms with Gasteiger partial charge in [-0.25, -0.2) is 10.1 Å². The van der Waals surface area contributed by atoms with Gasteiger partial charge in [0.1, 0.15) is 6.04 Å². The first-order valence-corrected chi connectivity index (χ1v) is 8.45. The topological polar surface area (TPSA) is 149 Å². The Morgan fingerprint density at radius 1 is 1.36 bits per heavy atom. The third kappa shape index (κ3) is 9.48. The minimum atomic E-state index is -0.827. The van der Waals surface area contributed by atoms with Crippen molar-refractivity contribution in [3.8, 4) is 0 Å². The minimum absolute atomic E-state index is 0.00513. The van der Waals surface area contributed by atoms with Crippen molar-refractivity contribution in [3.05, 3.63) is 16.7 Å². The molecule has 1 aliphatic carbocycles. The highest BCUT2D eigenvalue weighted by atomic mass is 16.7. The van der Waals surface area contributed by atoms with E-state index in [1.807, 2.05) is 13.8 Å². The van der Waals surface area contributed by atoms with Gasteiger partial charge in [-0.2, -0.15) is 0 Å². The van der Waals surface area contributed by atoms with Gasteiger partial charge in [0.05, 0.1) is 0 Å². The number of guanidine groups is 1. The van der Waals surface area contributed by atoms with Gasteiger partial charge in [-0.3, -0.25) is 15.0 Å². The lowest BCUT2D eigenvalue weighted by atomic mass is 10.1. The van der Waals surface area contributed by atoms with Crippen molar-refractivity contribution in [2.45, 2.75) is 52.0 Å². The largest absolute Gasteiger partial charge is 0.352 e. The highest BCUT2D eigenvalue weighted by molar-refractivity contribution is 5.89. The number of carbonyl (C=O) groups excluding carboxylic acids is 2. The highest BCUT2D eigenvalue weighted by Crippen LogP contribution is 2.29. The average Bonchev–Trinajstić information content (AvgIpc) is 3.33. The lowest BCUT2D eigenvalue weighted by Gasteiger charge is -2.19. The van der Waals surface area contributed by atoms with Crippen LogP contribution in [0.3, 0.4) is 0 Å². The molecule has 10 heteroatoms. The van der Waals surface area contributed by atoms with Crippen molar-refractivity contribution >= 4 is 17.8 Å². The van der Waals surface area contributed by atoms with Gasteiger partial charge in [0.25, 0.3) is 5.96 Å². The maximum Gasteiger partial charge on any atom is 0.251 e. The summed E-state index contributed by atoms with van der Waals surface area (Å²) in [5.41, 5.74) is 1.69. The molecule has 1 atom stereocenters. The van der Waals surface area contributed by atoms with Crippen molar-refractivity contribution in [2.24, 2.45) is 11.8 Å². The molecule has 141 valence electrons. The molecule has 0 aromatic rings. The Balaban J connectivity index is 2.38. The molecule has 10 nitrogen and oxygen atoms in total. The number of nitrogens with one attached hydrogen (secondary N) is 5. The van der Waals surface area contributed by atoms with Crippen LogP contribution in [-0.2, 0) is 9.59 Å². The van der Waals surface area contributed by atoms with Crippen molar-refractivity contribution in [3.63, 3.8) is 0 Å². The molecular formula is C15H27N6O4. The number of hydrogen-bond donors (Lipinski definition) is 5. The summed E-state index contributed by atoms with van der Waals surface area (Å²) in [6.45, 7) is 6.04. The lowest BCUT2D eigenvalue weighted by Crippen LogP contribution is -2.47. The number of hydrogen-bond acceptors (Lipinski definition) is 5. The Bertz CT molecular complexity index is 492. The zero-order valence-electron chi connectivity index (χ0n) is 14.6. The fourth-order valence-corrected chi connectivity index (χ4v) is 2.05. The van der Waals surface area contributed by atoms with Gasteiger partial charge in [0.2, 0.25) is 11.8 Å². The molecule has 1 aliphatic rings. The van der Waals surface area contributed by atoms with E-state index in [4.69, 9.17) is 5.41 Å². The Kier molecular flexibility index (Phi) is 8.65. The van der Waals surface area contributed by atoms with E-state index in [1.54, 1.807) is 12.0 Å².